The lowest BCUT2D eigenvalue weighted by Gasteiger charge is -2.20. The lowest BCUT2D eigenvalue weighted by molar-refractivity contribution is 0.403. The first-order valence-electron chi connectivity index (χ1n) is 6.12. The second-order valence-corrected chi connectivity index (χ2v) is 4.52. The van der Waals surface area contributed by atoms with Crippen LogP contribution in [0.25, 0.3) is 0 Å². The standard InChI is InChI=1S/C15H16F2N2O/c1-9-3-5-11(14(7-9)20-2)15(19-18)10-4-6-12(16)13(17)8-10/h3-8,15,19H,18H2,1-2H3. The third-order valence-electron chi connectivity index (χ3n) is 3.14. The molecule has 0 aliphatic carbocycles. The molecule has 0 amide bonds. The fourth-order valence-electron chi connectivity index (χ4n) is 2.11. The molecule has 0 aromatic heterocycles. The minimum atomic E-state index is -0.908. The molecule has 1 unspecified atom stereocenters. The Morgan fingerprint density at radius 3 is 2.45 bits per heavy atom. The van der Waals surface area contributed by atoms with Gasteiger partial charge < -0.3 is 4.74 Å². The summed E-state index contributed by atoms with van der Waals surface area (Å²) in [5.41, 5.74) is 4.92. The van der Waals surface area contributed by atoms with E-state index < -0.39 is 17.7 Å². The Bertz CT molecular complexity index is 617. The lowest BCUT2D eigenvalue weighted by atomic mass is 9.97. The third kappa shape index (κ3) is 2.79. The summed E-state index contributed by atoms with van der Waals surface area (Å²) >= 11 is 0. The second-order valence-electron chi connectivity index (χ2n) is 4.52. The van der Waals surface area contributed by atoms with Crippen LogP contribution < -0.4 is 16.0 Å². The van der Waals surface area contributed by atoms with Crippen molar-refractivity contribution in [2.45, 2.75) is 13.0 Å². The molecule has 0 saturated carbocycles. The van der Waals surface area contributed by atoms with Crippen molar-refractivity contribution >= 4 is 0 Å². The van der Waals surface area contributed by atoms with Gasteiger partial charge in [-0.1, -0.05) is 18.2 Å². The van der Waals surface area contributed by atoms with Gasteiger partial charge in [-0.05, 0) is 36.2 Å². The number of ether oxygens (including phenoxy) is 1. The maximum Gasteiger partial charge on any atom is 0.159 e. The second kappa shape index (κ2) is 5.98. The van der Waals surface area contributed by atoms with E-state index in [1.807, 2.05) is 25.1 Å². The van der Waals surface area contributed by atoms with Crippen molar-refractivity contribution < 1.29 is 13.5 Å². The van der Waals surface area contributed by atoms with E-state index >= 15 is 0 Å². The third-order valence-corrected chi connectivity index (χ3v) is 3.14. The van der Waals surface area contributed by atoms with Gasteiger partial charge in [0.1, 0.15) is 5.75 Å². The Hall–Kier alpha value is -1.98. The van der Waals surface area contributed by atoms with Gasteiger partial charge in [-0.15, -0.1) is 0 Å². The van der Waals surface area contributed by atoms with E-state index in [-0.39, 0.29) is 0 Å². The topological polar surface area (TPSA) is 47.3 Å². The molecule has 0 bridgehead atoms. The fourth-order valence-corrected chi connectivity index (χ4v) is 2.11. The van der Waals surface area contributed by atoms with E-state index in [1.165, 1.54) is 6.07 Å². The Morgan fingerprint density at radius 2 is 1.85 bits per heavy atom. The van der Waals surface area contributed by atoms with Crippen LogP contribution in [0.5, 0.6) is 5.75 Å². The zero-order valence-electron chi connectivity index (χ0n) is 11.3. The van der Waals surface area contributed by atoms with E-state index in [0.29, 0.717) is 11.3 Å². The summed E-state index contributed by atoms with van der Waals surface area (Å²) in [6.45, 7) is 1.94. The molecule has 0 heterocycles. The van der Waals surface area contributed by atoms with Gasteiger partial charge in [0.2, 0.25) is 0 Å². The first-order chi connectivity index (χ1) is 9.56. The van der Waals surface area contributed by atoms with Gasteiger partial charge in [-0.2, -0.15) is 0 Å². The number of halogens is 2. The maximum absolute atomic E-state index is 13.4. The molecule has 2 aromatic carbocycles. The molecule has 0 spiro atoms. The van der Waals surface area contributed by atoms with Crippen LogP contribution in [0.4, 0.5) is 8.78 Å². The summed E-state index contributed by atoms with van der Waals surface area (Å²) < 4.78 is 31.7. The molecule has 5 heteroatoms. The van der Waals surface area contributed by atoms with E-state index in [2.05, 4.69) is 5.43 Å². The first-order valence-corrected chi connectivity index (χ1v) is 6.12. The zero-order chi connectivity index (χ0) is 14.7. The van der Waals surface area contributed by atoms with Crippen LogP contribution in [0.2, 0.25) is 0 Å². The minimum absolute atomic E-state index is 0.486. The molecule has 0 fully saturated rings. The number of benzene rings is 2. The number of hydrogen-bond donors (Lipinski definition) is 2. The number of hydrogen-bond acceptors (Lipinski definition) is 3. The largest absolute Gasteiger partial charge is 0.496 e. The predicted octanol–water partition coefficient (Wildman–Crippen LogP) is 2.83. The molecule has 0 radical (unpaired) electrons. The molecule has 0 aliphatic heterocycles. The molecule has 2 rings (SSSR count). The van der Waals surface area contributed by atoms with Crippen molar-refractivity contribution in [1.29, 1.82) is 0 Å². The van der Waals surface area contributed by atoms with Gasteiger partial charge >= 0.3 is 0 Å². The zero-order valence-corrected chi connectivity index (χ0v) is 11.3. The van der Waals surface area contributed by atoms with Crippen molar-refractivity contribution in [2.75, 3.05) is 7.11 Å². The van der Waals surface area contributed by atoms with Crippen molar-refractivity contribution in [3.05, 3.63) is 64.7 Å². The van der Waals surface area contributed by atoms with Crippen LogP contribution >= 0.6 is 0 Å². The number of nitrogens with one attached hydrogen (secondary N) is 1. The summed E-state index contributed by atoms with van der Waals surface area (Å²) in [7, 11) is 1.55. The van der Waals surface area contributed by atoms with E-state index in [0.717, 1.165) is 23.3 Å². The van der Waals surface area contributed by atoms with E-state index in [4.69, 9.17) is 10.6 Å². The van der Waals surface area contributed by atoms with Gasteiger partial charge in [0.05, 0.1) is 13.2 Å². The SMILES string of the molecule is COc1cc(C)ccc1C(NN)c1ccc(F)c(F)c1. The summed E-state index contributed by atoms with van der Waals surface area (Å²) in [6, 6.07) is 8.82. The highest BCUT2D eigenvalue weighted by atomic mass is 19.2. The normalized spacial score (nSPS) is 12.2. The number of hydrazine groups is 1. The van der Waals surface area contributed by atoms with Crippen LogP contribution in [0.15, 0.2) is 36.4 Å². The van der Waals surface area contributed by atoms with Gasteiger partial charge in [0.25, 0.3) is 0 Å². The minimum Gasteiger partial charge on any atom is -0.496 e. The maximum atomic E-state index is 13.4. The van der Waals surface area contributed by atoms with Crippen LogP contribution in [-0.2, 0) is 0 Å². The van der Waals surface area contributed by atoms with Crippen LogP contribution in [0.1, 0.15) is 22.7 Å². The van der Waals surface area contributed by atoms with Crippen molar-refractivity contribution in [3.63, 3.8) is 0 Å². The summed E-state index contributed by atoms with van der Waals surface area (Å²) in [5, 5.41) is 0. The van der Waals surface area contributed by atoms with Gasteiger partial charge in [-0.25, -0.2) is 14.2 Å². The van der Waals surface area contributed by atoms with Gasteiger partial charge in [0, 0.05) is 5.56 Å². The van der Waals surface area contributed by atoms with E-state index in [9.17, 15) is 8.78 Å². The first kappa shape index (κ1) is 14.4. The monoisotopic (exact) mass is 278 g/mol. The molecule has 2 aromatic rings. The number of methoxy groups -OCH3 is 1. The fraction of sp³-hybridized carbons (Fsp3) is 0.200. The summed E-state index contributed by atoms with van der Waals surface area (Å²) in [6.07, 6.45) is 0. The molecule has 106 valence electrons. The molecule has 1 atom stereocenters. The van der Waals surface area contributed by atoms with Crippen molar-refractivity contribution in [2.24, 2.45) is 5.84 Å². The molecule has 0 saturated heterocycles. The average molecular weight is 278 g/mol. The molecule has 0 aliphatic rings. The van der Waals surface area contributed by atoms with Gasteiger partial charge in [0.15, 0.2) is 11.6 Å². The quantitative estimate of drug-likeness (QED) is 0.668. The number of aryl methyl sites for hydroxylation is 1. The summed E-state index contributed by atoms with van der Waals surface area (Å²) in [5.74, 6) is 4.40. The Kier molecular flexibility index (Phi) is 4.32. The van der Waals surface area contributed by atoms with Crippen LogP contribution in [0, 0.1) is 18.6 Å². The lowest BCUT2D eigenvalue weighted by Crippen LogP contribution is -2.29. The van der Waals surface area contributed by atoms with Crippen LogP contribution in [0.3, 0.4) is 0 Å². The molecular weight excluding hydrogens is 262 g/mol. The average Bonchev–Trinajstić information content (AvgIpc) is 2.44. The number of rotatable bonds is 4. The smallest absolute Gasteiger partial charge is 0.159 e. The molecule has 3 N–H and O–H groups in total. The molecule has 20 heavy (non-hydrogen) atoms. The highest BCUT2D eigenvalue weighted by Crippen LogP contribution is 2.30. The highest BCUT2D eigenvalue weighted by Gasteiger charge is 2.18. The highest BCUT2D eigenvalue weighted by molar-refractivity contribution is 5.43. The predicted molar refractivity (Wildman–Crippen MR) is 73.3 cm³/mol. The summed E-state index contributed by atoms with van der Waals surface area (Å²) in [4.78, 5) is 0. The van der Waals surface area contributed by atoms with Crippen molar-refractivity contribution in [3.8, 4) is 5.75 Å². The molecule has 3 nitrogen and oxygen atoms in total. The van der Waals surface area contributed by atoms with Gasteiger partial charge in [-0.3, -0.25) is 5.84 Å². The Labute approximate surface area is 116 Å². The molecular formula is C15H16F2N2O. The van der Waals surface area contributed by atoms with E-state index in [1.54, 1.807) is 7.11 Å². The van der Waals surface area contributed by atoms with Crippen molar-refractivity contribution in [1.82, 2.24) is 5.43 Å². The Balaban J connectivity index is 2.49. The Morgan fingerprint density at radius 1 is 1.10 bits per heavy atom. The van der Waals surface area contributed by atoms with Crippen LogP contribution in [-0.4, -0.2) is 7.11 Å². The number of nitrogens with two attached hydrogens (primary N) is 1.